The molecule has 140 valence electrons. The molecule has 3 aromatic rings. The van der Waals surface area contributed by atoms with Crippen LogP contribution in [0.25, 0.3) is 5.84 Å². The topological polar surface area (TPSA) is 138 Å². The minimum absolute atomic E-state index is 0.0554. The Morgan fingerprint density at radius 1 is 1.22 bits per heavy atom. The van der Waals surface area contributed by atoms with Gasteiger partial charge in [-0.25, -0.2) is 9.59 Å². The van der Waals surface area contributed by atoms with Crippen molar-refractivity contribution in [1.29, 1.82) is 0 Å². The largest absolute Gasteiger partial charge is 0.465 e. The molecule has 0 saturated heterocycles. The summed E-state index contributed by atoms with van der Waals surface area (Å²) in [5, 5.41) is 14.1. The Hall–Kier alpha value is -3.41. The van der Waals surface area contributed by atoms with Crippen LogP contribution in [0.5, 0.6) is 0 Å². The van der Waals surface area contributed by atoms with Crippen LogP contribution in [0.15, 0.2) is 34.2 Å². The Bertz CT molecular complexity index is 985. The molecular formula is C15H13N5O6S. The Morgan fingerprint density at radius 3 is 2.70 bits per heavy atom. The van der Waals surface area contributed by atoms with Crippen LogP contribution in [0.3, 0.4) is 0 Å². The maximum atomic E-state index is 12.2. The van der Waals surface area contributed by atoms with Crippen molar-refractivity contribution < 1.29 is 28.3 Å². The first-order valence-electron chi connectivity index (χ1n) is 7.42. The smallest absolute Gasteiger partial charge is 0.345 e. The fourth-order valence-corrected chi connectivity index (χ4v) is 2.70. The number of nitrogens with one attached hydrogen (secondary N) is 1. The number of rotatable bonds is 6. The molecule has 0 atom stereocenters. The Labute approximate surface area is 156 Å². The van der Waals surface area contributed by atoms with Gasteiger partial charge >= 0.3 is 17.8 Å². The Morgan fingerprint density at radius 2 is 2.00 bits per heavy atom. The first-order valence-corrected chi connectivity index (χ1v) is 8.40. The van der Waals surface area contributed by atoms with E-state index in [4.69, 9.17) is 4.42 Å². The zero-order valence-electron chi connectivity index (χ0n) is 14.2. The molecule has 11 nitrogen and oxygen atoms in total. The molecule has 3 rings (SSSR count). The van der Waals surface area contributed by atoms with Crippen LogP contribution in [0.1, 0.15) is 20.7 Å². The van der Waals surface area contributed by atoms with E-state index in [2.05, 4.69) is 30.1 Å². The zero-order chi connectivity index (χ0) is 19.4. The molecule has 0 fully saturated rings. The van der Waals surface area contributed by atoms with Crippen LogP contribution in [0.2, 0.25) is 0 Å². The lowest BCUT2D eigenvalue weighted by Gasteiger charge is -2.11. The molecule has 1 aromatic carbocycles. The summed E-state index contributed by atoms with van der Waals surface area (Å²) in [6, 6.07) is 4.11. The van der Waals surface area contributed by atoms with Gasteiger partial charge in [0.1, 0.15) is 6.33 Å². The predicted octanol–water partition coefficient (Wildman–Crippen LogP) is 1.02. The van der Waals surface area contributed by atoms with Gasteiger partial charge in [0.15, 0.2) is 0 Å². The van der Waals surface area contributed by atoms with E-state index in [0.29, 0.717) is 0 Å². The van der Waals surface area contributed by atoms with E-state index < -0.39 is 17.8 Å². The third-order valence-corrected chi connectivity index (χ3v) is 4.13. The van der Waals surface area contributed by atoms with Gasteiger partial charge in [-0.05, 0) is 18.2 Å². The molecule has 2 aromatic heterocycles. The quantitative estimate of drug-likeness (QED) is 0.479. The molecule has 2 heterocycles. The van der Waals surface area contributed by atoms with Crippen LogP contribution < -0.4 is 5.32 Å². The van der Waals surface area contributed by atoms with Crippen molar-refractivity contribution in [3.8, 4) is 0 Å². The van der Waals surface area contributed by atoms with Crippen molar-refractivity contribution >= 4 is 41.1 Å². The number of methoxy groups -OCH3 is 2. The van der Waals surface area contributed by atoms with E-state index in [1.54, 1.807) is 0 Å². The minimum Gasteiger partial charge on any atom is -0.465 e. The van der Waals surface area contributed by atoms with E-state index in [0.717, 1.165) is 11.8 Å². The van der Waals surface area contributed by atoms with Gasteiger partial charge in [0.2, 0.25) is 5.91 Å². The number of nitrogens with zero attached hydrogens (tertiary/aromatic N) is 4. The summed E-state index contributed by atoms with van der Waals surface area (Å²) >= 11 is 1.03. The van der Waals surface area contributed by atoms with Gasteiger partial charge < -0.3 is 19.2 Å². The molecule has 1 amide bonds. The van der Waals surface area contributed by atoms with Gasteiger partial charge in [0, 0.05) is 0 Å². The number of thioether (sulfide) groups is 1. The highest BCUT2D eigenvalue weighted by Gasteiger charge is 2.18. The van der Waals surface area contributed by atoms with Crippen LogP contribution in [-0.2, 0) is 14.3 Å². The molecule has 0 bridgehead atoms. The number of anilines is 1. The summed E-state index contributed by atoms with van der Waals surface area (Å²) in [5.74, 6) is -1.55. The molecule has 0 aliphatic heterocycles. The first kappa shape index (κ1) is 18.4. The molecule has 0 aliphatic carbocycles. The van der Waals surface area contributed by atoms with Crippen molar-refractivity contribution in [3.05, 3.63) is 35.7 Å². The van der Waals surface area contributed by atoms with Gasteiger partial charge in [-0.1, -0.05) is 16.9 Å². The van der Waals surface area contributed by atoms with E-state index in [1.807, 2.05) is 0 Å². The van der Waals surface area contributed by atoms with Gasteiger partial charge in [-0.15, -0.1) is 10.2 Å². The normalized spacial score (nSPS) is 10.6. The highest BCUT2D eigenvalue weighted by molar-refractivity contribution is 7.99. The van der Waals surface area contributed by atoms with Crippen LogP contribution >= 0.6 is 11.8 Å². The number of esters is 2. The maximum absolute atomic E-state index is 12.2. The van der Waals surface area contributed by atoms with Crippen molar-refractivity contribution in [2.75, 3.05) is 25.3 Å². The number of carbonyl (C=O) groups excluding carboxylic acids is 3. The van der Waals surface area contributed by atoms with Crippen molar-refractivity contribution in [3.63, 3.8) is 0 Å². The molecule has 0 saturated carbocycles. The van der Waals surface area contributed by atoms with Gasteiger partial charge in [-0.2, -0.15) is 4.52 Å². The highest BCUT2D eigenvalue weighted by atomic mass is 32.2. The molecule has 0 radical (unpaired) electrons. The fraction of sp³-hybridized carbons (Fsp3) is 0.200. The molecular weight excluding hydrogens is 378 g/mol. The monoisotopic (exact) mass is 391 g/mol. The summed E-state index contributed by atoms with van der Waals surface area (Å²) in [4.78, 5) is 35.8. The number of amides is 1. The minimum atomic E-state index is -0.657. The Balaban J connectivity index is 1.73. The number of benzene rings is 1. The molecule has 12 heteroatoms. The van der Waals surface area contributed by atoms with Crippen LogP contribution in [0.4, 0.5) is 5.69 Å². The Kier molecular flexibility index (Phi) is 5.35. The van der Waals surface area contributed by atoms with E-state index >= 15 is 0 Å². The lowest BCUT2D eigenvalue weighted by molar-refractivity contribution is -0.113. The summed E-state index contributed by atoms with van der Waals surface area (Å²) in [7, 11) is 2.44. The average Bonchev–Trinajstić information content (AvgIpc) is 3.26. The van der Waals surface area contributed by atoms with Crippen molar-refractivity contribution in [2.24, 2.45) is 0 Å². The highest BCUT2D eigenvalue weighted by Crippen LogP contribution is 2.22. The predicted molar refractivity (Wildman–Crippen MR) is 91.5 cm³/mol. The molecule has 27 heavy (non-hydrogen) atoms. The molecule has 0 aliphatic rings. The van der Waals surface area contributed by atoms with E-state index in [-0.39, 0.29) is 33.6 Å². The summed E-state index contributed by atoms with van der Waals surface area (Å²) < 4.78 is 15.9. The molecule has 1 N–H and O–H groups in total. The lowest BCUT2D eigenvalue weighted by atomic mass is 10.1. The second kappa shape index (κ2) is 7.86. The lowest BCUT2D eigenvalue weighted by Crippen LogP contribution is -2.18. The van der Waals surface area contributed by atoms with Crippen molar-refractivity contribution in [1.82, 2.24) is 19.8 Å². The summed E-state index contributed by atoms with van der Waals surface area (Å²) in [6.07, 6.45) is 1.36. The number of ether oxygens (including phenoxy) is 2. The zero-order valence-corrected chi connectivity index (χ0v) is 15.0. The third-order valence-electron chi connectivity index (χ3n) is 3.32. The second-order valence-corrected chi connectivity index (χ2v) is 5.93. The number of hydrogen-bond acceptors (Lipinski definition) is 10. The average molecular weight is 391 g/mol. The third kappa shape index (κ3) is 4.06. The van der Waals surface area contributed by atoms with Crippen LogP contribution in [0, 0.1) is 0 Å². The standard InChI is InChI=1S/C15H13N5O6S/c1-24-12(22)8-3-4-9(13(23)25-2)10(5-8)17-11(21)6-27-15-19-20-7-16-18-14(20)26-15/h3-5,7H,6H2,1-2H3,(H,17,21). The van der Waals surface area contributed by atoms with E-state index in [9.17, 15) is 14.4 Å². The van der Waals surface area contributed by atoms with Crippen LogP contribution in [-0.4, -0.2) is 57.6 Å². The first-order chi connectivity index (χ1) is 13.0. The number of carbonyl (C=O) groups is 3. The van der Waals surface area contributed by atoms with Gasteiger partial charge in [0.25, 0.3) is 5.22 Å². The summed E-state index contributed by atoms with van der Waals surface area (Å²) in [6.45, 7) is 0. The van der Waals surface area contributed by atoms with Gasteiger partial charge in [0.05, 0.1) is 36.8 Å². The second-order valence-electron chi connectivity index (χ2n) is 5.01. The number of aromatic nitrogens is 4. The van der Waals surface area contributed by atoms with Crippen molar-refractivity contribution in [2.45, 2.75) is 5.22 Å². The SMILES string of the molecule is COC(=O)c1ccc(C(=O)OC)c(NC(=O)CSc2nn3cnnc3o2)c1. The van der Waals surface area contributed by atoms with E-state index in [1.165, 1.54) is 43.3 Å². The number of hydrogen-bond donors (Lipinski definition) is 1. The maximum Gasteiger partial charge on any atom is 0.345 e. The molecule has 0 unspecified atom stereocenters. The molecule has 0 spiro atoms. The summed E-state index contributed by atoms with van der Waals surface area (Å²) in [5.41, 5.74) is 0.403. The fourth-order valence-electron chi connectivity index (χ4n) is 2.09. The number of fused-ring (bicyclic) bond motifs is 1. The van der Waals surface area contributed by atoms with Gasteiger partial charge in [-0.3, -0.25) is 4.79 Å².